The van der Waals surface area contributed by atoms with Gasteiger partial charge in [0.25, 0.3) is 5.56 Å². The van der Waals surface area contributed by atoms with E-state index >= 15 is 0 Å². The molecule has 9 heteroatoms. The van der Waals surface area contributed by atoms with Crippen LogP contribution in [0.2, 0.25) is 0 Å². The summed E-state index contributed by atoms with van der Waals surface area (Å²) in [7, 11) is 2.96. The van der Waals surface area contributed by atoms with Gasteiger partial charge in [-0.05, 0) is 18.2 Å². The number of hydrogen-bond donors (Lipinski definition) is 1. The number of carbonyl (C=O) groups is 1. The first-order valence-corrected chi connectivity index (χ1v) is 7.63. The van der Waals surface area contributed by atoms with Gasteiger partial charge >= 0.3 is 11.8 Å². The molecule has 1 amide bonds. The van der Waals surface area contributed by atoms with Crippen molar-refractivity contribution in [1.82, 2.24) is 9.13 Å². The van der Waals surface area contributed by atoms with E-state index in [4.69, 9.17) is 4.74 Å². The van der Waals surface area contributed by atoms with E-state index in [-0.39, 0.29) is 13.1 Å². The topological polar surface area (TPSA) is 85.6 Å². The molecule has 1 fully saturated rings. The molecule has 1 spiro atoms. The van der Waals surface area contributed by atoms with E-state index in [1.165, 1.54) is 35.9 Å². The minimum Gasteiger partial charge on any atom is -0.434 e. The summed E-state index contributed by atoms with van der Waals surface area (Å²) in [6.07, 6.45) is -0.614. The number of rotatable bonds is 1. The Kier molecular flexibility index (Phi) is 3.05. The SMILES string of the molecule is Cn1c(N2CC3(C2)OC(=O)Nc2ccc(F)cc23)cc(=O)n(C)c1=O. The molecular formula is C16H15FN4O4. The molecule has 2 aliphatic rings. The van der Waals surface area contributed by atoms with E-state index < -0.39 is 28.8 Å². The van der Waals surface area contributed by atoms with Gasteiger partial charge in [0, 0.05) is 25.7 Å². The van der Waals surface area contributed by atoms with Crippen LogP contribution in [0.5, 0.6) is 0 Å². The van der Waals surface area contributed by atoms with Crippen molar-refractivity contribution in [3.05, 3.63) is 56.5 Å². The molecule has 2 aliphatic heterocycles. The van der Waals surface area contributed by atoms with Gasteiger partial charge in [-0.25, -0.2) is 14.0 Å². The summed E-state index contributed by atoms with van der Waals surface area (Å²) >= 11 is 0. The summed E-state index contributed by atoms with van der Waals surface area (Å²) < 4.78 is 21.5. The second-order valence-electron chi connectivity index (χ2n) is 6.30. The molecule has 0 saturated carbocycles. The second kappa shape index (κ2) is 4.95. The predicted octanol–water partition coefficient (Wildman–Crippen LogP) is 0.501. The van der Waals surface area contributed by atoms with Gasteiger partial charge in [-0.3, -0.25) is 19.2 Å². The highest BCUT2D eigenvalue weighted by molar-refractivity contribution is 5.89. The third-order valence-electron chi connectivity index (χ3n) is 4.71. The first-order valence-electron chi connectivity index (χ1n) is 7.63. The molecule has 3 heterocycles. The van der Waals surface area contributed by atoms with Gasteiger partial charge in [-0.15, -0.1) is 0 Å². The number of ether oxygens (including phenoxy) is 1. The summed E-state index contributed by atoms with van der Waals surface area (Å²) in [6, 6.07) is 5.43. The number of nitrogens with one attached hydrogen (secondary N) is 1. The molecule has 1 saturated heterocycles. The molecule has 1 N–H and O–H groups in total. The Morgan fingerprint density at radius 2 is 1.84 bits per heavy atom. The molecule has 8 nitrogen and oxygen atoms in total. The van der Waals surface area contributed by atoms with Crippen molar-refractivity contribution in [2.24, 2.45) is 14.1 Å². The summed E-state index contributed by atoms with van der Waals surface area (Å²) in [6.45, 7) is 0.439. The van der Waals surface area contributed by atoms with Crippen molar-refractivity contribution in [3.63, 3.8) is 0 Å². The third-order valence-corrected chi connectivity index (χ3v) is 4.71. The molecule has 25 heavy (non-hydrogen) atoms. The number of fused-ring (bicyclic) bond motifs is 2. The third kappa shape index (κ3) is 2.15. The molecule has 0 bridgehead atoms. The van der Waals surface area contributed by atoms with Crippen LogP contribution in [0.3, 0.4) is 0 Å². The monoisotopic (exact) mass is 346 g/mol. The molecule has 0 radical (unpaired) electrons. The molecule has 0 aliphatic carbocycles. The lowest BCUT2D eigenvalue weighted by atomic mass is 9.83. The minimum atomic E-state index is -1.00. The van der Waals surface area contributed by atoms with Gasteiger partial charge in [0.15, 0.2) is 5.60 Å². The van der Waals surface area contributed by atoms with Crippen LogP contribution in [-0.4, -0.2) is 28.3 Å². The maximum Gasteiger partial charge on any atom is 0.412 e. The number of carbonyl (C=O) groups excluding carboxylic acids is 1. The lowest BCUT2D eigenvalue weighted by Crippen LogP contribution is -2.64. The molecule has 0 unspecified atom stereocenters. The maximum atomic E-state index is 13.7. The Morgan fingerprint density at radius 1 is 1.12 bits per heavy atom. The summed E-state index contributed by atoms with van der Waals surface area (Å²) in [5.74, 6) is -0.0106. The van der Waals surface area contributed by atoms with Gasteiger partial charge in [0.2, 0.25) is 0 Å². The molecule has 2 aromatic rings. The number of halogens is 1. The lowest BCUT2D eigenvalue weighted by molar-refractivity contribution is -0.0124. The van der Waals surface area contributed by atoms with Gasteiger partial charge in [0.05, 0.1) is 18.8 Å². The molecular weight excluding hydrogens is 331 g/mol. The van der Waals surface area contributed by atoms with Crippen LogP contribution < -0.4 is 21.5 Å². The second-order valence-corrected chi connectivity index (χ2v) is 6.30. The Bertz CT molecular complexity index is 1020. The highest BCUT2D eigenvalue weighted by Crippen LogP contribution is 2.44. The van der Waals surface area contributed by atoms with Crippen LogP contribution in [0.15, 0.2) is 33.9 Å². The van der Waals surface area contributed by atoms with E-state index in [1.54, 1.807) is 11.9 Å². The van der Waals surface area contributed by atoms with Gasteiger partial charge in [-0.2, -0.15) is 0 Å². The van der Waals surface area contributed by atoms with E-state index in [0.29, 0.717) is 17.1 Å². The molecule has 1 aromatic heterocycles. The summed E-state index contributed by atoms with van der Waals surface area (Å²) in [5, 5.41) is 2.55. The quantitative estimate of drug-likeness (QED) is 0.813. The number of hydrogen-bond acceptors (Lipinski definition) is 5. The first-order chi connectivity index (χ1) is 11.8. The Morgan fingerprint density at radius 3 is 2.56 bits per heavy atom. The fourth-order valence-corrected chi connectivity index (χ4v) is 3.36. The minimum absolute atomic E-state index is 0.220. The Balaban J connectivity index is 1.73. The number of anilines is 2. The maximum absolute atomic E-state index is 13.7. The highest BCUT2D eigenvalue weighted by Gasteiger charge is 2.52. The summed E-state index contributed by atoms with van der Waals surface area (Å²) in [5.41, 5.74) is -0.839. The van der Waals surface area contributed by atoms with E-state index in [0.717, 1.165) is 4.57 Å². The Hall–Kier alpha value is -3.10. The molecule has 0 atom stereocenters. The van der Waals surface area contributed by atoms with E-state index in [9.17, 15) is 18.8 Å². The largest absolute Gasteiger partial charge is 0.434 e. The van der Waals surface area contributed by atoms with Crippen molar-refractivity contribution < 1.29 is 13.9 Å². The fourth-order valence-electron chi connectivity index (χ4n) is 3.36. The average Bonchev–Trinajstić information content (AvgIpc) is 2.54. The average molecular weight is 346 g/mol. The van der Waals surface area contributed by atoms with E-state index in [2.05, 4.69) is 5.32 Å². The molecule has 1 aromatic carbocycles. The number of amides is 1. The van der Waals surface area contributed by atoms with Gasteiger partial charge < -0.3 is 9.64 Å². The lowest BCUT2D eigenvalue weighted by Gasteiger charge is -2.52. The van der Waals surface area contributed by atoms with Crippen molar-refractivity contribution in [2.75, 3.05) is 23.3 Å². The number of nitrogens with zero attached hydrogens (tertiary/aromatic N) is 3. The van der Waals surface area contributed by atoms with E-state index in [1.807, 2.05) is 0 Å². The van der Waals surface area contributed by atoms with Crippen LogP contribution >= 0.6 is 0 Å². The zero-order chi connectivity index (χ0) is 17.9. The standard InChI is InChI=1S/C16H15FN4O4/c1-19-12(6-13(22)20(2)15(19)24)21-7-16(8-21)10-5-9(17)3-4-11(10)18-14(23)25-16/h3-6H,7-8H2,1-2H3,(H,18,23). The molecule has 4 rings (SSSR count). The van der Waals surface area contributed by atoms with Crippen LogP contribution in [0.4, 0.5) is 20.7 Å². The van der Waals surface area contributed by atoms with Gasteiger partial charge in [0.1, 0.15) is 11.6 Å². The van der Waals surface area contributed by atoms with Gasteiger partial charge in [-0.1, -0.05) is 0 Å². The fraction of sp³-hybridized carbons (Fsp3) is 0.312. The first kappa shape index (κ1) is 15.4. The van der Waals surface area contributed by atoms with Crippen molar-refractivity contribution in [3.8, 4) is 0 Å². The Labute approximate surface area is 141 Å². The van der Waals surface area contributed by atoms with Crippen molar-refractivity contribution in [1.29, 1.82) is 0 Å². The van der Waals surface area contributed by atoms with Crippen LogP contribution in [0.1, 0.15) is 5.56 Å². The number of aromatic nitrogens is 2. The van der Waals surface area contributed by atoms with Crippen molar-refractivity contribution >= 4 is 17.6 Å². The number of benzene rings is 1. The zero-order valence-electron chi connectivity index (χ0n) is 13.6. The van der Waals surface area contributed by atoms with Crippen LogP contribution in [0.25, 0.3) is 0 Å². The zero-order valence-corrected chi connectivity index (χ0v) is 13.6. The van der Waals surface area contributed by atoms with Crippen LogP contribution in [0, 0.1) is 5.82 Å². The smallest absolute Gasteiger partial charge is 0.412 e. The molecule has 130 valence electrons. The predicted molar refractivity (Wildman–Crippen MR) is 87.3 cm³/mol. The summed E-state index contributed by atoms with van der Waals surface area (Å²) in [4.78, 5) is 37.5. The van der Waals surface area contributed by atoms with Crippen molar-refractivity contribution in [2.45, 2.75) is 5.60 Å². The highest BCUT2D eigenvalue weighted by atomic mass is 19.1. The normalized spacial score (nSPS) is 17.6. The van der Waals surface area contributed by atoms with Crippen LogP contribution in [-0.2, 0) is 24.4 Å².